The summed E-state index contributed by atoms with van der Waals surface area (Å²) in [6, 6.07) is 1.59. The van der Waals surface area contributed by atoms with Gasteiger partial charge >= 0.3 is 5.97 Å². The first-order chi connectivity index (χ1) is 9.35. The van der Waals surface area contributed by atoms with Crippen molar-refractivity contribution in [1.29, 1.82) is 0 Å². The van der Waals surface area contributed by atoms with E-state index in [0.717, 1.165) is 6.42 Å². The number of nitrogens with zero attached hydrogens (tertiary/aromatic N) is 2. The van der Waals surface area contributed by atoms with Crippen molar-refractivity contribution < 1.29 is 14.7 Å². The van der Waals surface area contributed by atoms with E-state index >= 15 is 0 Å². The average Bonchev–Trinajstić information content (AvgIpc) is 2.68. The zero-order chi connectivity index (χ0) is 15.3. The summed E-state index contributed by atoms with van der Waals surface area (Å²) in [5.41, 5.74) is 0.443. The number of carboxylic acids is 1. The van der Waals surface area contributed by atoms with Crippen LogP contribution in [0.5, 0.6) is 0 Å². The third-order valence-corrected chi connectivity index (χ3v) is 2.95. The number of hydrogen-bond donors (Lipinski definition) is 1. The number of amides is 1. The lowest BCUT2D eigenvalue weighted by atomic mass is 10.2. The van der Waals surface area contributed by atoms with Gasteiger partial charge in [0.05, 0.1) is 5.02 Å². The molecule has 0 radical (unpaired) electrons. The molecule has 0 saturated carbocycles. The molecule has 1 rings (SSSR count). The van der Waals surface area contributed by atoms with E-state index in [1.807, 2.05) is 20.8 Å². The number of aryl methyl sites for hydroxylation is 1. The first-order valence-corrected chi connectivity index (χ1v) is 7.09. The van der Waals surface area contributed by atoms with Crippen LogP contribution in [0.25, 0.3) is 0 Å². The van der Waals surface area contributed by atoms with E-state index in [9.17, 15) is 9.59 Å². The molecule has 0 spiro atoms. The molecule has 0 atom stereocenters. The van der Waals surface area contributed by atoms with Gasteiger partial charge in [0, 0.05) is 19.3 Å². The lowest BCUT2D eigenvalue weighted by Gasteiger charge is -2.23. The van der Waals surface area contributed by atoms with Crippen LogP contribution in [-0.2, 0) is 11.3 Å². The van der Waals surface area contributed by atoms with Gasteiger partial charge in [-0.3, -0.25) is 9.59 Å². The van der Waals surface area contributed by atoms with Crippen LogP contribution in [-0.4, -0.2) is 39.5 Å². The van der Waals surface area contributed by atoms with E-state index in [-0.39, 0.29) is 18.4 Å². The zero-order valence-corrected chi connectivity index (χ0v) is 12.9. The first-order valence-electron chi connectivity index (χ1n) is 6.71. The van der Waals surface area contributed by atoms with Gasteiger partial charge in [-0.15, -0.1) is 0 Å². The highest BCUT2D eigenvalue weighted by Crippen LogP contribution is 2.17. The van der Waals surface area contributed by atoms with E-state index in [1.54, 1.807) is 16.8 Å². The second-order valence-electron chi connectivity index (χ2n) is 5.21. The molecule has 1 amide bonds. The Kier molecular flexibility index (Phi) is 6.07. The Balaban J connectivity index is 3.01. The molecule has 1 aromatic rings. The molecular formula is C14H21ClN2O3. The molecule has 112 valence electrons. The minimum absolute atomic E-state index is 0.198. The van der Waals surface area contributed by atoms with Crippen molar-refractivity contribution in [2.45, 2.75) is 33.7 Å². The second-order valence-corrected chi connectivity index (χ2v) is 5.65. The summed E-state index contributed by atoms with van der Waals surface area (Å²) >= 11 is 5.95. The Labute approximate surface area is 124 Å². The van der Waals surface area contributed by atoms with Gasteiger partial charge in [0.2, 0.25) is 0 Å². The predicted octanol–water partition coefficient (Wildman–Crippen LogP) is 2.73. The van der Waals surface area contributed by atoms with Crippen LogP contribution in [0.15, 0.2) is 12.3 Å². The standard InChI is InChI=1S/C14H21ClN2O3/c1-4-5-16-8-11(15)6-12(16)14(20)17(7-10(2)3)9-13(18)19/h6,8,10H,4-5,7,9H2,1-3H3,(H,18,19). The van der Waals surface area contributed by atoms with E-state index in [2.05, 4.69) is 0 Å². The van der Waals surface area contributed by atoms with Gasteiger partial charge < -0.3 is 14.6 Å². The van der Waals surface area contributed by atoms with Gasteiger partial charge in [-0.2, -0.15) is 0 Å². The van der Waals surface area contributed by atoms with Crippen LogP contribution in [0.2, 0.25) is 5.02 Å². The Morgan fingerprint density at radius 3 is 2.60 bits per heavy atom. The molecule has 0 bridgehead atoms. The van der Waals surface area contributed by atoms with Gasteiger partial charge in [-0.05, 0) is 18.4 Å². The topological polar surface area (TPSA) is 62.5 Å². The van der Waals surface area contributed by atoms with E-state index in [1.165, 1.54) is 4.90 Å². The Morgan fingerprint density at radius 2 is 2.10 bits per heavy atom. The number of aromatic nitrogens is 1. The molecule has 0 fully saturated rings. The molecule has 0 saturated heterocycles. The fourth-order valence-electron chi connectivity index (χ4n) is 2.07. The molecule has 0 aliphatic rings. The number of aliphatic carboxylic acids is 1. The maximum Gasteiger partial charge on any atom is 0.323 e. The second kappa shape index (κ2) is 7.33. The number of halogens is 1. The van der Waals surface area contributed by atoms with Crippen LogP contribution in [0.1, 0.15) is 37.7 Å². The first kappa shape index (κ1) is 16.6. The van der Waals surface area contributed by atoms with E-state index < -0.39 is 5.97 Å². The third-order valence-electron chi connectivity index (χ3n) is 2.75. The summed E-state index contributed by atoms with van der Waals surface area (Å²) < 4.78 is 1.78. The molecule has 0 unspecified atom stereocenters. The van der Waals surface area contributed by atoms with Crippen molar-refractivity contribution in [2.75, 3.05) is 13.1 Å². The highest BCUT2D eigenvalue weighted by atomic mass is 35.5. The van der Waals surface area contributed by atoms with Gasteiger partial charge in [0.15, 0.2) is 0 Å². The summed E-state index contributed by atoms with van der Waals surface area (Å²) in [6.45, 7) is 6.67. The van der Waals surface area contributed by atoms with Gasteiger partial charge in [-0.25, -0.2) is 0 Å². The predicted molar refractivity (Wildman–Crippen MR) is 78.1 cm³/mol. The molecule has 0 aromatic carbocycles. The van der Waals surface area contributed by atoms with E-state index in [0.29, 0.717) is 23.8 Å². The maximum atomic E-state index is 12.5. The molecule has 5 nitrogen and oxygen atoms in total. The van der Waals surface area contributed by atoms with Crippen LogP contribution >= 0.6 is 11.6 Å². The van der Waals surface area contributed by atoms with Crippen molar-refractivity contribution in [1.82, 2.24) is 9.47 Å². The van der Waals surface area contributed by atoms with Crippen molar-refractivity contribution in [3.05, 3.63) is 23.0 Å². The average molecular weight is 301 g/mol. The highest BCUT2D eigenvalue weighted by Gasteiger charge is 2.22. The summed E-state index contributed by atoms with van der Waals surface area (Å²) in [4.78, 5) is 24.8. The van der Waals surface area contributed by atoms with Crippen LogP contribution in [0, 0.1) is 5.92 Å². The number of carbonyl (C=O) groups is 2. The highest BCUT2D eigenvalue weighted by molar-refractivity contribution is 6.31. The molecule has 20 heavy (non-hydrogen) atoms. The fourth-order valence-corrected chi connectivity index (χ4v) is 2.29. The number of rotatable bonds is 7. The van der Waals surface area contributed by atoms with Crippen LogP contribution < -0.4 is 0 Å². The molecule has 0 aliphatic heterocycles. The van der Waals surface area contributed by atoms with Crippen molar-refractivity contribution in [3.63, 3.8) is 0 Å². The van der Waals surface area contributed by atoms with Crippen molar-refractivity contribution >= 4 is 23.5 Å². The molecule has 1 heterocycles. The van der Waals surface area contributed by atoms with Crippen LogP contribution in [0.3, 0.4) is 0 Å². The van der Waals surface area contributed by atoms with Crippen molar-refractivity contribution in [3.8, 4) is 0 Å². The Hall–Kier alpha value is -1.49. The summed E-state index contributed by atoms with van der Waals surface area (Å²) in [5, 5.41) is 9.43. The summed E-state index contributed by atoms with van der Waals surface area (Å²) in [6.07, 6.45) is 2.57. The molecule has 0 aliphatic carbocycles. The summed E-state index contributed by atoms with van der Waals surface area (Å²) in [7, 11) is 0. The largest absolute Gasteiger partial charge is 0.480 e. The lowest BCUT2D eigenvalue weighted by Crippen LogP contribution is -2.39. The number of carboxylic acid groups (broad SMARTS) is 1. The minimum Gasteiger partial charge on any atom is -0.480 e. The number of hydrogen-bond acceptors (Lipinski definition) is 2. The van der Waals surface area contributed by atoms with Gasteiger partial charge in [0.25, 0.3) is 5.91 Å². The van der Waals surface area contributed by atoms with E-state index in [4.69, 9.17) is 16.7 Å². The normalized spacial score (nSPS) is 10.8. The fraction of sp³-hybridized carbons (Fsp3) is 0.571. The third kappa shape index (κ3) is 4.56. The van der Waals surface area contributed by atoms with Crippen LogP contribution in [0.4, 0.5) is 0 Å². The quantitative estimate of drug-likeness (QED) is 0.842. The van der Waals surface area contributed by atoms with Gasteiger partial charge in [-0.1, -0.05) is 32.4 Å². The minimum atomic E-state index is -1.02. The SMILES string of the molecule is CCCn1cc(Cl)cc1C(=O)N(CC(=O)O)CC(C)C. The Bertz CT molecular complexity index is 483. The lowest BCUT2D eigenvalue weighted by molar-refractivity contribution is -0.137. The molecule has 1 aromatic heterocycles. The smallest absolute Gasteiger partial charge is 0.323 e. The maximum absolute atomic E-state index is 12.5. The molecule has 1 N–H and O–H groups in total. The summed E-state index contributed by atoms with van der Waals surface area (Å²) in [5.74, 6) is -1.11. The number of carbonyl (C=O) groups excluding carboxylic acids is 1. The zero-order valence-electron chi connectivity index (χ0n) is 12.1. The van der Waals surface area contributed by atoms with Crippen molar-refractivity contribution in [2.24, 2.45) is 5.92 Å². The molecule has 6 heteroatoms. The Morgan fingerprint density at radius 1 is 1.45 bits per heavy atom. The monoisotopic (exact) mass is 300 g/mol. The van der Waals surface area contributed by atoms with Gasteiger partial charge in [0.1, 0.15) is 12.2 Å². The molecular weight excluding hydrogens is 280 g/mol.